The van der Waals surface area contributed by atoms with Crippen LogP contribution in [0.5, 0.6) is 0 Å². The summed E-state index contributed by atoms with van der Waals surface area (Å²) in [6, 6.07) is 4.17. The quantitative estimate of drug-likeness (QED) is 0.503. The van der Waals surface area contributed by atoms with Crippen LogP contribution in [0.4, 0.5) is 11.4 Å². The van der Waals surface area contributed by atoms with E-state index in [0.717, 1.165) is 0 Å². The number of carbonyl (C=O) groups excluding carboxylic acids is 1. The Morgan fingerprint density at radius 3 is 2.48 bits per heavy atom. The van der Waals surface area contributed by atoms with Crippen LogP contribution in [0.25, 0.3) is 0 Å². The predicted molar refractivity (Wildman–Crippen MR) is 81.8 cm³/mol. The lowest BCUT2D eigenvalue weighted by Gasteiger charge is -2.24. The number of benzene rings is 1. The highest BCUT2D eigenvalue weighted by Crippen LogP contribution is 2.48. The lowest BCUT2D eigenvalue weighted by molar-refractivity contribution is -0.384. The van der Waals surface area contributed by atoms with Crippen molar-refractivity contribution in [3.05, 3.63) is 46.0 Å². The summed E-state index contributed by atoms with van der Waals surface area (Å²) in [6.07, 6.45) is 4.48. The van der Waals surface area contributed by atoms with E-state index in [1.54, 1.807) is 6.92 Å². The van der Waals surface area contributed by atoms with E-state index in [9.17, 15) is 24.8 Å². The number of aliphatic carboxylic acids is 1. The number of carboxylic acid groups (broad SMARTS) is 1. The van der Waals surface area contributed by atoms with Gasteiger partial charge in [0.15, 0.2) is 0 Å². The van der Waals surface area contributed by atoms with Crippen LogP contribution in [0.15, 0.2) is 30.4 Å². The Balaban J connectivity index is 1.81. The zero-order valence-corrected chi connectivity index (χ0v) is 12.4. The van der Waals surface area contributed by atoms with Gasteiger partial charge < -0.3 is 10.4 Å². The lowest BCUT2D eigenvalue weighted by Crippen LogP contribution is -2.36. The summed E-state index contributed by atoms with van der Waals surface area (Å²) >= 11 is 0. The minimum Gasteiger partial charge on any atom is -0.481 e. The number of amides is 1. The molecule has 2 N–H and O–H groups in total. The summed E-state index contributed by atoms with van der Waals surface area (Å²) in [4.78, 5) is 34.3. The number of carboxylic acids is 1. The number of allylic oxidation sites excluding steroid dienone is 2. The van der Waals surface area contributed by atoms with Gasteiger partial charge in [0.25, 0.3) is 5.69 Å². The topological polar surface area (TPSA) is 110 Å². The molecule has 0 unspecified atom stereocenters. The minimum absolute atomic E-state index is 0.0493. The van der Waals surface area contributed by atoms with Crippen molar-refractivity contribution in [2.45, 2.75) is 13.3 Å². The molecule has 0 aromatic heterocycles. The first-order valence-corrected chi connectivity index (χ1v) is 7.35. The molecule has 1 aromatic carbocycles. The molecule has 7 nitrogen and oxygen atoms in total. The van der Waals surface area contributed by atoms with Crippen LogP contribution in [-0.4, -0.2) is 21.9 Å². The number of nitrogens with zero attached hydrogens (tertiary/aromatic N) is 1. The number of anilines is 1. The van der Waals surface area contributed by atoms with Crippen molar-refractivity contribution in [2.24, 2.45) is 23.7 Å². The average Bonchev–Trinajstić information content (AvgIpc) is 3.09. The van der Waals surface area contributed by atoms with E-state index in [1.165, 1.54) is 18.2 Å². The van der Waals surface area contributed by atoms with Crippen LogP contribution < -0.4 is 5.32 Å². The molecule has 120 valence electrons. The van der Waals surface area contributed by atoms with Crippen molar-refractivity contribution < 1.29 is 19.6 Å². The summed E-state index contributed by atoms with van der Waals surface area (Å²) in [5, 5.41) is 22.9. The summed E-state index contributed by atoms with van der Waals surface area (Å²) in [7, 11) is 0. The van der Waals surface area contributed by atoms with Gasteiger partial charge in [0, 0.05) is 17.8 Å². The molecule has 0 heterocycles. The van der Waals surface area contributed by atoms with E-state index >= 15 is 0 Å². The van der Waals surface area contributed by atoms with Gasteiger partial charge in [-0.2, -0.15) is 0 Å². The predicted octanol–water partition coefficient (Wildman–Crippen LogP) is 2.36. The molecule has 0 saturated heterocycles. The van der Waals surface area contributed by atoms with Crippen molar-refractivity contribution in [2.75, 3.05) is 5.32 Å². The molecule has 0 spiro atoms. The second-order valence-electron chi connectivity index (χ2n) is 6.08. The Bertz CT molecular complexity index is 727. The number of hydrogen-bond donors (Lipinski definition) is 2. The van der Waals surface area contributed by atoms with Crippen molar-refractivity contribution in [1.29, 1.82) is 0 Å². The highest BCUT2D eigenvalue weighted by molar-refractivity contribution is 5.97. The van der Waals surface area contributed by atoms with Crippen LogP contribution in [0.1, 0.15) is 12.0 Å². The van der Waals surface area contributed by atoms with E-state index < -0.39 is 22.7 Å². The van der Waals surface area contributed by atoms with Gasteiger partial charge >= 0.3 is 5.97 Å². The zero-order valence-electron chi connectivity index (χ0n) is 12.4. The fraction of sp³-hybridized carbons (Fsp3) is 0.375. The van der Waals surface area contributed by atoms with Gasteiger partial charge in [-0.15, -0.1) is 0 Å². The van der Waals surface area contributed by atoms with E-state index in [2.05, 4.69) is 5.32 Å². The monoisotopic (exact) mass is 316 g/mol. The number of fused-ring (bicyclic) bond motifs is 2. The van der Waals surface area contributed by atoms with Crippen LogP contribution >= 0.6 is 0 Å². The largest absolute Gasteiger partial charge is 0.481 e. The maximum Gasteiger partial charge on any atom is 0.307 e. The summed E-state index contributed by atoms with van der Waals surface area (Å²) < 4.78 is 0. The third-order valence-corrected chi connectivity index (χ3v) is 4.73. The second kappa shape index (κ2) is 5.49. The first-order chi connectivity index (χ1) is 10.9. The Labute approximate surface area is 132 Å². The number of nitro groups is 1. The van der Waals surface area contributed by atoms with Gasteiger partial charge in [-0.25, -0.2) is 0 Å². The average molecular weight is 316 g/mol. The van der Waals surface area contributed by atoms with Crippen molar-refractivity contribution in [3.8, 4) is 0 Å². The number of rotatable bonds is 4. The highest BCUT2D eigenvalue weighted by atomic mass is 16.6. The van der Waals surface area contributed by atoms with Gasteiger partial charge in [0.1, 0.15) is 0 Å². The molecule has 2 bridgehead atoms. The molecule has 7 heteroatoms. The molecule has 23 heavy (non-hydrogen) atoms. The third kappa shape index (κ3) is 2.58. The number of aryl methyl sites for hydroxylation is 1. The third-order valence-electron chi connectivity index (χ3n) is 4.73. The smallest absolute Gasteiger partial charge is 0.307 e. The zero-order chi connectivity index (χ0) is 16.7. The number of nitrogens with one attached hydrogen (secondary N) is 1. The Hall–Kier alpha value is -2.70. The number of non-ortho nitro benzene ring substituents is 1. The Morgan fingerprint density at radius 1 is 1.26 bits per heavy atom. The maximum absolute atomic E-state index is 12.5. The molecule has 1 aromatic rings. The van der Waals surface area contributed by atoms with Crippen molar-refractivity contribution >= 4 is 23.3 Å². The maximum atomic E-state index is 12.5. The SMILES string of the molecule is Cc1cc([N+](=O)[O-])ccc1NC(=O)[C@@H]1[C@@H](C(=O)O)[C@H]2C=C[C@H]1C2. The summed E-state index contributed by atoms with van der Waals surface area (Å²) in [6.45, 7) is 1.66. The van der Waals surface area contributed by atoms with Gasteiger partial charge in [0.2, 0.25) is 5.91 Å². The van der Waals surface area contributed by atoms with Gasteiger partial charge in [-0.05, 0) is 36.8 Å². The van der Waals surface area contributed by atoms with E-state index in [-0.39, 0.29) is 23.4 Å². The van der Waals surface area contributed by atoms with Crippen molar-refractivity contribution in [1.82, 2.24) is 0 Å². The molecular formula is C16H16N2O5. The molecule has 4 atom stereocenters. The molecule has 2 aliphatic carbocycles. The van der Waals surface area contributed by atoms with E-state index in [1.807, 2.05) is 12.2 Å². The fourth-order valence-electron chi connectivity index (χ4n) is 3.63. The molecule has 0 radical (unpaired) electrons. The molecule has 3 rings (SSSR count). The molecular weight excluding hydrogens is 300 g/mol. The summed E-state index contributed by atoms with van der Waals surface area (Å²) in [5.74, 6) is -2.75. The fourth-order valence-corrected chi connectivity index (χ4v) is 3.63. The Morgan fingerprint density at radius 2 is 1.91 bits per heavy atom. The number of nitro benzene ring substituents is 1. The van der Waals surface area contributed by atoms with Crippen LogP contribution in [0, 0.1) is 40.7 Å². The highest BCUT2D eigenvalue weighted by Gasteiger charge is 2.51. The van der Waals surface area contributed by atoms with E-state index in [0.29, 0.717) is 17.7 Å². The molecule has 2 aliphatic rings. The first kappa shape index (κ1) is 15.2. The van der Waals surface area contributed by atoms with Crippen LogP contribution in [0.3, 0.4) is 0 Å². The van der Waals surface area contributed by atoms with E-state index in [4.69, 9.17) is 0 Å². The van der Waals surface area contributed by atoms with Gasteiger partial charge in [0.05, 0.1) is 16.8 Å². The molecule has 0 aliphatic heterocycles. The van der Waals surface area contributed by atoms with Crippen LogP contribution in [-0.2, 0) is 9.59 Å². The molecule has 1 fully saturated rings. The normalized spacial score (nSPS) is 27.9. The lowest BCUT2D eigenvalue weighted by atomic mass is 9.82. The number of carbonyl (C=O) groups is 2. The van der Waals surface area contributed by atoms with Gasteiger partial charge in [-0.3, -0.25) is 19.7 Å². The van der Waals surface area contributed by atoms with Crippen LogP contribution in [0.2, 0.25) is 0 Å². The Kier molecular flexibility index (Phi) is 3.63. The summed E-state index contributed by atoms with van der Waals surface area (Å²) in [5.41, 5.74) is 0.987. The second-order valence-corrected chi connectivity index (χ2v) is 6.08. The number of hydrogen-bond acceptors (Lipinski definition) is 4. The minimum atomic E-state index is -0.956. The van der Waals surface area contributed by atoms with Crippen molar-refractivity contribution in [3.63, 3.8) is 0 Å². The standard InChI is InChI=1S/C16H16N2O5/c1-8-6-11(18(22)23)4-5-12(8)17-15(19)13-9-2-3-10(7-9)14(13)16(20)21/h2-6,9-10,13-14H,7H2,1H3,(H,17,19)(H,20,21)/t9-,10-,13-,14-/m0/s1. The first-order valence-electron chi connectivity index (χ1n) is 7.35. The molecule has 1 saturated carbocycles. The molecule has 1 amide bonds. The van der Waals surface area contributed by atoms with Gasteiger partial charge in [-0.1, -0.05) is 12.2 Å².